The van der Waals surface area contributed by atoms with Gasteiger partial charge in [0.2, 0.25) is 0 Å². The molecule has 6 heteroatoms. The first-order valence-electron chi connectivity index (χ1n) is 8.34. The van der Waals surface area contributed by atoms with Crippen molar-refractivity contribution in [3.8, 4) is 5.75 Å². The Morgan fingerprint density at radius 3 is 3.08 bits per heavy atom. The van der Waals surface area contributed by atoms with Crippen molar-refractivity contribution in [2.24, 2.45) is 0 Å². The molecule has 1 aromatic carbocycles. The summed E-state index contributed by atoms with van der Waals surface area (Å²) in [5.41, 5.74) is 2.57. The number of amides is 1. The fraction of sp³-hybridized carbons (Fsp3) is 0.444. The minimum Gasteiger partial charge on any atom is -0.497 e. The van der Waals surface area contributed by atoms with Crippen LogP contribution in [-0.4, -0.2) is 35.9 Å². The summed E-state index contributed by atoms with van der Waals surface area (Å²) in [6, 6.07) is 8.04. The largest absolute Gasteiger partial charge is 0.497 e. The molecule has 6 nitrogen and oxygen atoms in total. The zero-order valence-corrected chi connectivity index (χ0v) is 14.2. The van der Waals surface area contributed by atoms with Gasteiger partial charge in [-0.1, -0.05) is 6.07 Å². The Labute approximate surface area is 142 Å². The van der Waals surface area contributed by atoms with E-state index in [1.807, 2.05) is 36.0 Å². The summed E-state index contributed by atoms with van der Waals surface area (Å²) in [4.78, 5) is 12.3. The molecule has 2 aromatic rings. The average molecular weight is 328 g/mol. The van der Waals surface area contributed by atoms with Crippen LogP contribution in [0.3, 0.4) is 0 Å². The highest BCUT2D eigenvalue weighted by Crippen LogP contribution is 2.17. The van der Waals surface area contributed by atoms with Gasteiger partial charge in [0.25, 0.3) is 5.91 Å². The first-order chi connectivity index (χ1) is 11.7. The molecule has 1 aliphatic heterocycles. The summed E-state index contributed by atoms with van der Waals surface area (Å²) < 4.78 is 7.16. The molecule has 3 rings (SSSR count). The quantitative estimate of drug-likeness (QED) is 0.881. The molecule has 128 valence electrons. The molecule has 0 spiro atoms. The van der Waals surface area contributed by atoms with Crippen LogP contribution in [0, 0.1) is 6.92 Å². The molecule has 1 fully saturated rings. The van der Waals surface area contributed by atoms with Crippen LogP contribution in [0.15, 0.2) is 30.5 Å². The van der Waals surface area contributed by atoms with Crippen molar-refractivity contribution in [3.63, 3.8) is 0 Å². The second-order valence-corrected chi connectivity index (χ2v) is 6.22. The summed E-state index contributed by atoms with van der Waals surface area (Å²) in [5, 5.41) is 10.7. The van der Waals surface area contributed by atoms with Crippen LogP contribution in [0.25, 0.3) is 0 Å². The topological polar surface area (TPSA) is 68.2 Å². The monoisotopic (exact) mass is 328 g/mol. The van der Waals surface area contributed by atoms with Crippen molar-refractivity contribution < 1.29 is 9.53 Å². The zero-order chi connectivity index (χ0) is 16.9. The predicted molar refractivity (Wildman–Crippen MR) is 92.3 cm³/mol. The van der Waals surface area contributed by atoms with E-state index in [1.165, 1.54) is 0 Å². The highest BCUT2D eigenvalue weighted by atomic mass is 16.5. The van der Waals surface area contributed by atoms with Gasteiger partial charge in [0.05, 0.1) is 13.2 Å². The van der Waals surface area contributed by atoms with Crippen molar-refractivity contribution in [2.75, 3.05) is 20.2 Å². The van der Waals surface area contributed by atoms with Gasteiger partial charge in [0.1, 0.15) is 11.4 Å². The minimum absolute atomic E-state index is 0.155. The van der Waals surface area contributed by atoms with Gasteiger partial charge in [-0.15, -0.1) is 0 Å². The number of aryl methyl sites for hydroxylation is 1. The average Bonchev–Trinajstić information content (AvgIpc) is 3.10. The summed E-state index contributed by atoms with van der Waals surface area (Å²) in [5.74, 6) is 0.645. The van der Waals surface area contributed by atoms with Crippen molar-refractivity contribution in [1.82, 2.24) is 20.4 Å². The third-order valence-electron chi connectivity index (χ3n) is 4.29. The van der Waals surface area contributed by atoms with Crippen LogP contribution < -0.4 is 15.4 Å². The number of ether oxygens (including phenoxy) is 1. The molecule has 2 N–H and O–H groups in total. The summed E-state index contributed by atoms with van der Waals surface area (Å²) in [7, 11) is 1.64. The van der Waals surface area contributed by atoms with Gasteiger partial charge in [-0.05, 0) is 55.6 Å². The third-order valence-corrected chi connectivity index (χ3v) is 4.29. The zero-order valence-electron chi connectivity index (χ0n) is 14.2. The molecule has 1 aliphatic rings. The van der Waals surface area contributed by atoms with E-state index in [1.54, 1.807) is 13.2 Å². The summed E-state index contributed by atoms with van der Waals surface area (Å²) in [6.45, 7) is 4.43. The number of nitrogens with zero attached hydrogens (tertiary/aromatic N) is 2. The Hall–Kier alpha value is -2.34. The van der Waals surface area contributed by atoms with Crippen LogP contribution in [-0.2, 0) is 6.54 Å². The lowest BCUT2D eigenvalue weighted by molar-refractivity contribution is 0.0944. The maximum absolute atomic E-state index is 12.3. The van der Waals surface area contributed by atoms with Crippen LogP contribution in [0.1, 0.15) is 40.5 Å². The molecule has 0 radical (unpaired) electrons. The third kappa shape index (κ3) is 3.94. The number of hydrogen-bond donors (Lipinski definition) is 2. The predicted octanol–water partition coefficient (Wildman–Crippen LogP) is 2.05. The molecular formula is C18H24N4O2. The van der Waals surface area contributed by atoms with Gasteiger partial charge in [0, 0.05) is 19.3 Å². The lowest BCUT2D eigenvalue weighted by Gasteiger charge is -2.22. The molecule has 1 atom stereocenters. The Morgan fingerprint density at radius 1 is 1.46 bits per heavy atom. The Kier molecular flexibility index (Phi) is 5.15. The van der Waals surface area contributed by atoms with Crippen molar-refractivity contribution >= 4 is 5.91 Å². The molecular weight excluding hydrogens is 304 g/mol. The molecule has 2 heterocycles. The van der Waals surface area contributed by atoms with E-state index in [9.17, 15) is 4.79 Å². The first kappa shape index (κ1) is 16.5. The van der Waals surface area contributed by atoms with Gasteiger partial charge in [0.15, 0.2) is 0 Å². The molecule has 0 aliphatic carbocycles. The number of carbonyl (C=O) groups is 1. The van der Waals surface area contributed by atoms with Gasteiger partial charge in [-0.25, -0.2) is 0 Å². The fourth-order valence-electron chi connectivity index (χ4n) is 3.04. The van der Waals surface area contributed by atoms with E-state index in [-0.39, 0.29) is 5.91 Å². The van der Waals surface area contributed by atoms with Crippen molar-refractivity contribution in [1.29, 1.82) is 0 Å². The smallest absolute Gasteiger partial charge is 0.272 e. The van der Waals surface area contributed by atoms with Crippen LogP contribution >= 0.6 is 0 Å². The number of piperidine rings is 1. The molecule has 1 unspecified atom stereocenters. The number of rotatable bonds is 5. The number of carbonyl (C=O) groups excluding carboxylic acids is 1. The maximum Gasteiger partial charge on any atom is 0.272 e. The molecule has 0 saturated carbocycles. The van der Waals surface area contributed by atoms with Gasteiger partial charge >= 0.3 is 0 Å². The van der Waals surface area contributed by atoms with Gasteiger partial charge in [-0.2, -0.15) is 5.10 Å². The number of methoxy groups -OCH3 is 1. The van der Waals surface area contributed by atoms with Gasteiger partial charge in [-0.3, -0.25) is 9.48 Å². The fourth-order valence-corrected chi connectivity index (χ4v) is 3.04. The first-order valence-corrected chi connectivity index (χ1v) is 8.34. The number of benzene rings is 1. The second kappa shape index (κ2) is 7.49. The van der Waals surface area contributed by atoms with Crippen molar-refractivity contribution in [3.05, 3.63) is 47.3 Å². The van der Waals surface area contributed by atoms with E-state index < -0.39 is 0 Å². The second-order valence-electron chi connectivity index (χ2n) is 6.22. The number of hydrogen-bond acceptors (Lipinski definition) is 4. The molecule has 1 saturated heterocycles. The Bertz CT molecular complexity index is 705. The van der Waals surface area contributed by atoms with E-state index in [0.29, 0.717) is 18.3 Å². The maximum atomic E-state index is 12.3. The normalized spacial score (nSPS) is 17.5. The minimum atomic E-state index is -0.155. The van der Waals surface area contributed by atoms with E-state index in [4.69, 9.17) is 4.74 Å². The highest BCUT2D eigenvalue weighted by molar-refractivity contribution is 5.92. The van der Waals surface area contributed by atoms with E-state index >= 15 is 0 Å². The van der Waals surface area contributed by atoms with Crippen LogP contribution in [0.5, 0.6) is 5.75 Å². The SMILES string of the molecule is COc1cc(C)cc(CNC(=O)c2ccn(C3CCCNC3)n2)c1. The standard InChI is InChI=1S/C18H24N4O2/c1-13-8-14(10-16(9-13)24-2)11-20-18(23)17-5-7-22(21-17)15-4-3-6-19-12-15/h5,7-10,15,19H,3-4,6,11-12H2,1-2H3,(H,20,23). The Balaban J connectivity index is 1.61. The summed E-state index contributed by atoms with van der Waals surface area (Å²) >= 11 is 0. The Morgan fingerprint density at radius 2 is 2.33 bits per heavy atom. The molecule has 1 amide bonds. The molecule has 0 bridgehead atoms. The number of aromatic nitrogens is 2. The van der Waals surface area contributed by atoms with Crippen molar-refractivity contribution in [2.45, 2.75) is 32.4 Å². The lowest BCUT2D eigenvalue weighted by atomic mass is 10.1. The summed E-state index contributed by atoms with van der Waals surface area (Å²) in [6.07, 6.45) is 4.13. The van der Waals surface area contributed by atoms with Crippen LogP contribution in [0.4, 0.5) is 0 Å². The van der Waals surface area contributed by atoms with E-state index in [0.717, 1.165) is 42.8 Å². The van der Waals surface area contributed by atoms with Crippen LogP contribution in [0.2, 0.25) is 0 Å². The highest BCUT2D eigenvalue weighted by Gasteiger charge is 2.17. The van der Waals surface area contributed by atoms with E-state index in [2.05, 4.69) is 15.7 Å². The molecule has 24 heavy (non-hydrogen) atoms. The van der Waals surface area contributed by atoms with Gasteiger partial charge < -0.3 is 15.4 Å². The number of nitrogens with one attached hydrogen (secondary N) is 2. The lowest BCUT2D eigenvalue weighted by Crippen LogP contribution is -2.32. The molecule has 1 aromatic heterocycles.